The number of ketones is 1. The molecular weight excluding hydrogens is 242 g/mol. The fourth-order valence-corrected chi connectivity index (χ4v) is 3.22. The first-order chi connectivity index (χ1) is 8.76. The van der Waals surface area contributed by atoms with Gasteiger partial charge in [-0.1, -0.05) is 20.8 Å². The standard InChI is InChI=1S/C15H25NO3/c1-10(17)12(14(2,3)4)16-13(18)11-9-15(11)5-7-19-8-6-15/h11-12H,5-9H2,1-4H3,(H,16,18)/t11?,12-/m1/s1. The van der Waals surface area contributed by atoms with Gasteiger partial charge in [-0.05, 0) is 37.0 Å². The topological polar surface area (TPSA) is 55.4 Å². The van der Waals surface area contributed by atoms with E-state index in [4.69, 9.17) is 4.74 Å². The lowest BCUT2D eigenvalue weighted by atomic mass is 9.84. The van der Waals surface area contributed by atoms with Crippen LogP contribution in [0.3, 0.4) is 0 Å². The van der Waals surface area contributed by atoms with Gasteiger partial charge in [-0.2, -0.15) is 0 Å². The zero-order valence-corrected chi connectivity index (χ0v) is 12.4. The molecule has 0 aromatic rings. The number of hydrogen-bond donors (Lipinski definition) is 1. The third-order valence-corrected chi connectivity index (χ3v) is 4.55. The second kappa shape index (κ2) is 4.89. The molecule has 2 atom stereocenters. The summed E-state index contributed by atoms with van der Waals surface area (Å²) in [5.74, 6) is 0.167. The van der Waals surface area contributed by atoms with E-state index in [9.17, 15) is 9.59 Å². The summed E-state index contributed by atoms with van der Waals surface area (Å²) in [5.41, 5.74) is -0.0687. The van der Waals surface area contributed by atoms with Crippen LogP contribution in [-0.4, -0.2) is 30.9 Å². The minimum absolute atomic E-state index is 0.0301. The molecule has 0 radical (unpaired) electrons. The molecule has 1 unspecified atom stereocenters. The van der Waals surface area contributed by atoms with Crippen molar-refractivity contribution in [1.29, 1.82) is 0 Å². The van der Waals surface area contributed by atoms with E-state index in [-0.39, 0.29) is 28.4 Å². The van der Waals surface area contributed by atoms with E-state index in [2.05, 4.69) is 5.32 Å². The summed E-state index contributed by atoms with van der Waals surface area (Å²) in [6.07, 6.45) is 2.91. The van der Waals surface area contributed by atoms with E-state index in [0.717, 1.165) is 32.5 Å². The molecule has 2 rings (SSSR count). The van der Waals surface area contributed by atoms with Gasteiger partial charge in [0.25, 0.3) is 0 Å². The van der Waals surface area contributed by atoms with Gasteiger partial charge in [0, 0.05) is 19.1 Å². The van der Waals surface area contributed by atoms with Crippen LogP contribution < -0.4 is 5.32 Å². The lowest BCUT2D eigenvalue weighted by Gasteiger charge is -2.30. The van der Waals surface area contributed by atoms with Gasteiger partial charge in [0.2, 0.25) is 5.91 Å². The highest BCUT2D eigenvalue weighted by Gasteiger charge is 2.58. The molecule has 108 valence electrons. The fourth-order valence-electron chi connectivity index (χ4n) is 3.22. The van der Waals surface area contributed by atoms with Crippen LogP contribution in [0.2, 0.25) is 0 Å². The van der Waals surface area contributed by atoms with Crippen molar-refractivity contribution in [3.63, 3.8) is 0 Å². The smallest absolute Gasteiger partial charge is 0.224 e. The molecule has 2 aliphatic rings. The summed E-state index contributed by atoms with van der Waals surface area (Å²) in [5, 5.41) is 2.96. The summed E-state index contributed by atoms with van der Waals surface area (Å²) < 4.78 is 5.36. The predicted molar refractivity (Wildman–Crippen MR) is 72.7 cm³/mol. The average molecular weight is 267 g/mol. The first kappa shape index (κ1) is 14.5. The molecule has 1 heterocycles. The quantitative estimate of drug-likeness (QED) is 0.850. The maximum Gasteiger partial charge on any atom is 0.224 e. The molecule has 4 heteroatoms. The SMILES string of the molecule is CC(=O)[C@@H](NC(=O)C1CC12CCOCC2)C(C)(C)C. The molecule has 2 fully saturated rings. The average Bonchev–Trinajstić information content (AvgIpc) is 2.98. The Balaban J connectivity index is 1.96. The molecule has 0 aromatic carbocycles. The molecule has 1 saturated carbocycles. The highest BCUT2D eigenvalue weighted by atomic mass is 16.5. The molecule has 1 aliphatic heterocycles. The zero-order valence-electron chi connectivity index (χ0n) is 12.4. The van der Waals surface area contributed by atoms with E-state index in [1.54, 1.807) is 6.92 Å². The number of carbonyl (C=O) groups is 2. The van der Waals surface area contributed by atoms with E-state index in [1.807, 2.05) is 20.8 Å². The Labute approximate surface area is 115 Å². The van der Waals surface area contributed by atoms with Crippen LogP contribution in [0.4, 0.5) is 0 Å². The molecule has 0 bridgehead atoms. The van der Waals surface area contributed by atoms with E-state index < -0.39 is 6.04 Å². The Morgan fingerprint density at radius 3 is 2.32 bits per heavy atom. The monoisotopic (exact) mass is 267 g/mol. The van der Waals surface area contributed by atoms with Crippen LogP contribution in [-0.2, 0) is 14.3 Å². The van der Waals surface area contributed by atoms with Gasteiger partial charge >= 0.3 is 0 Å². The van der Waals surface area contributed by atoms with Gasteiger partial charge < -0.3 is 10.1 Å². The van der Waals surface area contributed by atoms with Crippen molar-refractivity contribution in [3.8, 4) is 0 Å². The van der Waals surface area contributed by atoms with Gasteiger partial charge in [-0.15, -0.1) is 0 Å². The summed E-state index contributed by atoms with van der Waals surface area (Å²) in [7, 11) is 0. The van der Waals surface area contributed by atoms with Crippen molar-refractivity contribution in [2.24, 2.45) is 16.7 Å². The molecule has 19 heavy (non-hydrogen) atoms. The van der Waals surface area contributed by atoms with Crippen LogP contribution in [0.25, 0.3) is 0 Å². The summed E-state index contributed by atoms with van der Waals surface area (Å²) >= 11 is 0. The molecule has 1 aliphatic carbocycles. The first-order valence-electron chi connectivity index (χ1n) is 7.15. The Morgan fingerprint density at radius 2 is 1.84 bits per heavy atom. The van der Waals surface area contributed by atoms with Crippen LogP contribution in [0.1, 0.15) is 47.0 Å². The number of hydrogen-bond acceptors (Lipinski definition) is 3. The van der Waals surface area contributed by atoms with Gasteiger partial charge in [0.15, 0.2) is 5.78 Å². The summed E-state index contributed by atoms with van der Waals surface area (Å²) in [4.78, 5) is 24.0. The summed E-state index contributed by atoms with van der Waals surface area (Å²) in [6.45, 7) is 9.02. The second-order valence-electron chi connectivity index (χ2n) is 7.15. The molecule has 1 amide bonds. The molecular formula is C15H25NO3. The van der Waals surface area contributed by atoms with Crippen LogP contribution >= 0.6 is 0 Å². The Kier molecular flexibility index (Phi) is 3.74. The Hall–Kier alpha value is -0.900. The van der Waals surface area contributed by atoms with Crippen molar-refractivity contribution >= 4 is 11.7 Å². The molecule has 1 saturated heterocycles. The van der Waals surface area contributed by atoms with Crippen molar-refractivity contribution in [2.45, 2.75) is 53.0 Å². The number of rotatable bonds is 3. The maximum atomic E-state index is 12.3. The fraction of sp³-hybridized carbons (Fsp3) is 0.867. The van der Waals surface area contributed by atoms with E-state index >= 15 is 0 Å². The molecule has 0 aromatic heterocycles. The predicted octanol–water partition coefficient (Wildman–Crippen LogP) is 1.92. The van der Waals surface area contributed by atoms with E-state index in [0.29, 0.717) is 0 Å². The number of nitrogens with one attached hydrogen (secondary N) is 1. The van der Waals surface area contributed by atoms with Gasteiger partial charge in [-0.25, -0.2) is 0 Å². The van der Waals surface area contributed by atoms with Crippen LogP contribution in [0.5, 0.6) is 0 Å². The molecule has 1 spiro atoms. The lowest BCUT2D eigenvalue weighted by Crippen LogP contribution is -2.49. The number of Topliss-reactive ketones (excluding diaryl/α,β-unsaturated/α-hetero) is 1. The molecule has 4 nitrogen and oxygen atoms in total. The zero-order chi connectivity index (χ0) is 14.3. The van der Waals surface area contributed by atoms with Gasteiger partial charge in [-0.3, -0.25) is 9.59 Å². The number of carbonyl (C=O) groups excluding carboxylic acids is 2. The lowest BCUT2D eigenvalue weighted by molar-refractivity contribution is -0.130. The van der Waals surface area contributed by atoms with Crippen LogP contribution in [0, 0.1) is 16.7 Å². The largest absolute Gasteiger partial charge is 0.381 e. The van der Waals surface area contributed by atoms with Crippen molar-refractivity contribution in [1.82, 2.24) is 5.32 Å². The minimum atomic E-state index is -0.391. The van der Waals surface area contributed by atoms with Gasteiger partial charge in [0.1, 0.15) is 0 Å². The highest BCUT2D eigenvalue weighted by molar-refractivity contribution is 5.90. The van der Waals surface area contributed by atoms with Crippen molar-refractivity contribution in [3.05, 3.63) is 0 Å². The molecule has 1 N–H and O–H groups in total. The highest BCUT2D eigenvalue weighted by Crippen LogP contribution is 2.59. The summed E-state index contributed by atoms with van der Waals surface area (Å²) in [6, 6.07) is -0.391. The minimum Gasteiger partial charge on any atom is -0.381 e. The normalized spacial score (nSPS) is 26.8. The van der Waals surface area contributed by atoms with Crippen LogP contribution in [0.15, 0.2) is 0 Å². The second-order valence-corrected chi connectivity index (χ2v) is 7.15. The Bertz CT molecular complexity index is 377. The van der Waals surface area contributed by atoms with Crippen molar-refractivity contribution < 1.29 is 14.3 Å². The maximum absolute atomic E-state index is 12.3. The third kappa shape index (κ3) is 2.99. The van der Waals surface area contributed by atoms with Crippen molar-refractivity contribution in [2.75, 3.05) is 13.2 Å². The number of amides is 1. The van der Waals surface area contributed by atoms with E-state index in [1.165, 1.54) is 0 Å². The first-order valence-corrected chi connectivity index (χ1v) is 7.15. The third-order valence-electron chi connectivity index (χ3n) is 4.55. The van der Waals surface area contributed by atoms with Gasteiger partial charge in [0.05, 0.1) is 6.04 Å². The Morgan fingerprint density at radius 1 is 1.26 bits per heavy atom. The number of ether oxygens (including phenoxy) is 1.